The lowest BCUT2D eigenvalue weighted by Crippen LogP contribution is -2.27. The fraction of sp³-hybridized carbons (Fsp3) is 0.111. The van der Waals surface area contributed by atoms with Crippen LogP contribution in [0.2, 0.25) is 0 Å². The van der Waals surface area contributed by atoms with E-state index in [0.717, 1.165) is 10.6 Å². The molecule has 0 atom stereocenters. The number of carbonyl (C=O) groups is 1. The first-order valence-corrected chi connectivity index (χ1v) is 8.92. The maximum Gasteiger partial charge on any atom is 0.244 e. The predicted molar refractivity (Wildman–Crippen MR) is 104 cm³/mol. The van der Waals surface area contributed by atoms with Gasteiger partial charge in [-0.3, -0.25) is 9.78 Å². The third-order valence-corrected chi connectivity index (χ3v) is 4.13. The van der Waals surface area contributed by atoms with E-state index in [1.54, 1.807) is 29.8 Å². The van der Waals surface area contributed by atoms with Crippen molar-refractivity contribution in [1.82, 2.24) is 20.5 Å². The molecule has 0 aromatic carbocycles. The zero-order valence-electron chi connectivity index (χ0n) is 13.9. The molecule has 0 aliphatic heterocycles. The summed E-state index contributed by atoms with van der Waals surface area (Å²) in [6, 6.07) is 11.3. The number of nitrogens with zero attached hydrogens (tertiary/aromatic N) is 3. The van der Waals surface area contributed by atoms with Crippen LogP contribution in [0.5, 0.6) is 0 Å². The average molecular weight is 366 g/mol. The van der Waals surface area contributed by atoms with Crippen molar-refractivity contribution in [2.45, 2.75) is 0 Å². The van der Waals surface area contributed by atoms with Crippen LogP contribution in [0.1, 0.15) is 4.88 Å². The summed E-state index contributed by atoms with van der Waals surface area (Å²) in [7, 11) is 0. The van der Waals surface area contributed by atoms with Crippen LogP contribution in [-0.2, 0) is 4.79 Å². The summed E-state index contributed by atoms with van der Waals surface area (Å²) in [5.41, 5.74) is 0.897. The maximum absolute atomic E-state index is 11.7. The predicted octanol–water partition coefficient (Wildman–Crippen LogP) is 2.92. The Bertz CT molecular complexity index is 834. The summed E-state index contributed by atoms with van der Waals surface area (Å²) in [5, 5.41) is 19.2. The number of nitrogens with one attached hydrogen (secondary N) is 3. The molecule has 0 bridgehead atoms. The fourth-order valence-corrected chi connectivity index (χ4v) is 2.67. The minimum Gasteiger partial charge on any atom is -0.367 e. The highest BCUT2D eigenvalue weighted by molar-refractivity contribution is 7.10. The second-order valence-electron chi connectivity index (χ2n) is 5.23. The number of thiophene rings is 1. The van der Waals surface area contributed by atoms with E-state index in [1.807, 2.05) is 41.8 Å². The van der Waals surface area contributed by atoms with Crippen LogP contribution in [0.3, 0.4) is 0 Å². The molecule has 0 saturated carbocycles. The third kappa shape index (κ3) is 5.67. The van der Waals surface area contributed by atoms with Crippen LogP contribution in [0, 0.1) is 0 Å². The third-order valence-electron chi connectivity index (χ3n) is 3.29. The largest absolute Gasteiger partial charge is 0.367 e. The normalized spacial score (nSPS) is 10.6. The van der Waals surface area contributed by atoms with Crippen LogP contribution in [0.25, 0.3) is 6.08 Å². The zero-order valence-corrected chi connectivity index (χ0v) is 14.7. The summed E-state index contributed by atoms with van der Waals surface area (Å²) in [6.45, 7) is 1.05. The van der Waals surface area contributed by atoms with E-state index in [1.165, 1.54) is 6.08 Å². The van der Waals surface area contributed by atoms with E-state index < -0.39 is 0 Å². The molecule has 3 aromatic rings. The summed E-state index contributed by atoms with van der Waals surface area (Å²) < 4.78 is 0. The van der Waals surface area contributed by atoms with Gasteiger partial charge in [0.15, 0.2) is 5.82 Å². The Morgan fingerprint density at radius 1 is 1.04 bits per heavy atom. The van der Waals surface area contributed by atoms with Crippen LogP contribution < -0.4 is 16.0 Å². The molecule has 0 aliphatic rings. The molecule has 3 rings (SSSR count). The highest BCUT2D eigenvalue weighted by atomic mass is 32.1. The van der Waals surface area contributed by atoms with Gasteiger partial charge in [-0.2, -0.15) is 0 Å². The Balaban J connectivity index is 1.37. The van der Waals surface area contributed by atoms with Crippen molar-refractivity contribution in [2.24, 2.45) is 0 Å². The molecule has 7 nitrogen and oxygen atoms in total. The first kappa shape index (κ1) is 17.6. The average Bonchev–Trinajstić information content (AvgIpc) is 3.19. The number of rotatable bonds is 8. The van der Waals surface area contributed by atoms with Crippen LogP contribution in [-0.4, -0.2) is 34.2 Å². The summed E-state index contributed by atoms with van der Waals surface area (Å²) >= 11 is 1.59. The molecule has 3 N–H and O–H groups in total. The molecule has 0 spiro atoms. The Kier molecular flexibility index (Phi) is 6.27. The first-order chi connectivity index (χ1) is 12.8. The van der Waals surface area contributed by atoms with E-state index in [0.29, 0.717) is 24.7 Å². The number of amides is 1. The molecule has 0 unspecified atom stereocenters. The lowest BCUT2D eigenvalue weighted by Gasteiger charge is -2.07. The van der Waals surface area contributed by atoms with E-state index in [-0.39, 0.29) is 5.91 Å². The lowest BCUT2D eigenvalue weighted by atomic mass is 10.4. The van der Waals surface area contributed by atoms with Gasteiger partial charge in [-0.1, -0.05) is 6.07 Å². The smallest absolute Gasteiger partial charge is 0.244 e. The minimum absolute atomic E-state index is 0.122. The van der Waals surface area contributed by atoms with E-state index in [2.05, 4.69) is 31.1 Å². The molecular formula is C18H18N6OS. The molecular weight excluding hydrogens is 348 g/mol. The van der Waals surface area contributed by atoms with E-state index in [4.69, 9.17) is 0 Å². The van der Waals surface area contributed by atoms with Crippen molar-refractivity contribution < 1.29 is 4.79 Å². The topological polar surface area (TPSA) is 91.8 Å². The molecule has 0 fully saturated rings. The second kappa shape index (κ2) is 9.28. The standard InChI is InChI=1S/C18H18N6OS/c25-18(6-3-15-2-1-13-26-15)21-12-11-20-16-4-5-17(24-23-16)22-14-7-9-19-10-8-14/h1-10,13H,11-12H2,(H,20,23)(H,21,25)(H,19,22,24)/b6-3+. The molecule has 0 aliphatic carbocycles. The fourth-order valence-electron chi connectivity index (χ4n) is 2.06. The van der Waals surface area contributed by atoms with Gasteiger partial charge in [0, 0.05) is 42.1 Å². The number of hydrogen-bond donors (Lipinski definition) is 3. The van der Waals surface area contributed by atoms with Gasteiger partial charge in [0.1, 0.15) is 5.82 Å². The van der Waals surface area contributed by atoms with Gasteiger partial charge >= 0.3 is 0 Å². The number of aromatic nitrogens is 3. The van der Waals surface area contributed by atoms with Crippen LogP contribution >= 0.6 is 11.3 Å². The molecule has 3 heterocycles. The summed E-state index contributed by atoms with van der Waals surface area (Å²) in [5.74, 6) is 1.17. The van der Waals surface area contributed by atoms with Crippen LogP contribution in [0.4, 0.5) is 17.3 Å². The maximum atomic E-state index is 11.7. The quantitative estimate of drug-likeness (QED) is 0.419. The molecule has 26 heavy (non-hydrogen) atoms. The van der Waals surface area contributed by atoms with Crippen molar-refractivity contribution in [3.63, 3.8) is 0 Å². The van der Waals surface area contributed by atoms with Gasteiger partial charge in [0.05, 0.1) is 0 Å². The number of hydrogen-bond acceptors (Lipinski definition) is 7. The molecule has 3 aromatic heterocycles. The minimum atomic E-state index is -0.122. The van der Waals surface area contributed by atoms with Crippen molar-refractivity contribution in [3.05, 3.63) is 65.1 Å². The number of carbonyl (C=O) groups excluding carboxylic acids is 1. The zero-order chi connectivity index (χ0) is 18.0. The van der Waals surface area contributed by atoms with Gasteiger partial charge < -0.3 is 16.0 Å². The first-order valence-electron chi connectivity index (χ1n) is 8.04. The highest BCUT2D eigenvalue weighted by Crippen LogP contribution is 2.13. The molecule has 132 valence electrons. The van der Waals surface area contributed by atoms with Crippen LogP contribution in [0.15, 0.2) is 60.2 Å². The van der Waals surface area contributed by atoms with Gasteiger partial charge in [0.2, 0.25) is 5.91 Å². The number of pyridine rings is 1. The van der Waals surface area contributed by atoms with Crippen molar-refractivity contribution >= 4 is 40.6 Å². The lowest BCUT2D eigenvalue weighted by molar-refractivity contribution is -0.116. The van der Waals surface area contributed by atoms with Gasteiger partial charge in [0.25, 0.3) is 0 Å². The Hall–Kier alpha value is -3.26. The summed E-state index contributed by atoms with van der Waals surface area (Å²) in [4.78, 5) is 16.7. The molecule has 0 radical (unpaired) electrons. The SMILES string of the molecule is O=C(/C=C/c1cccs1)NCCNc1ccc(Nc2ccncc2)nn1. The molecule has 0 saturated heterocycles. The van der Waals surface area contributed by atoms with Gasteiger partial charge in [-0.05, 0) is 41.8 Å². The Morgan fingerprint density at radius 2 is 1.85 bits per heavy atom. The highest BCUT2D eigenvalue weighted by Gasteiger charge is 1.99. The Morgan fingerprint density at radius 3 is 2.58 bits per heavy atom. The van der Waals surface area contributed by atoms with E-state index in [9.17, 15) is 4.79 Å². The van der Waals surface area contributed by atoms with Crippen molar-refractivity contribution in [2.75, 3.05) is 23.7 Å². The monoisotopic (exact) mass is 366 g/mol. The van der Waals surface area contributed by atoms with E-state index >= 15 is 0 Å². The van der Waals surface area contributed by atoms with Crippen molar-refractivity contribution in [3.8, 4) is 0 Å². The van der Waals surface area contributed by atoms with Gasteiger partial charge in [-0.15, -0.1) is 21.5 Å². The Labute approximate surface area is 155 Å². The second-order valence-corrected chi connectivity index (χ2v) is 6.21. The van der Waals surface area contributed by atoms with Gasteiger partial charge in [-0.25, -0.2) is 0 Å². The molecule has 8 heteroatoms. The summed E-state index contributed by atoms with van der Waals surface area (Å²) in [6.07, 6.45) is 6.74. The molecule has 1 amide bonds. The number of anilines is 3. The van der Waals surface area contributed by atoms with Crippen molar-refractivity contribution in [1.29, 1.82) is 0 Å².